The van der Waals surface area contributed by atoms with Crippen molar-refractivity contribution >= 4 is 36.3 Å². The van der Waals surface area contributed by atoms with Gasteiger partial charge in [-0.1, -0.05) is 36.4 Å². The zero-order valence-electron chi connectivity index (χ0n) is 17.8. The molecule has 6 nitrogen and oxygen atoms in total. The molecule has 0 atom stereocenters. The molecule has 1 aromatic heterocycles. The van der Waals surface area contributed by atoms with Crippen molar-refractivity contribution < 1.29 is 10.2 Å². The second-order valence-electron chi connectivity index (χ2n) is 7.93. The lowest BCUT2D eigenvalue weighted by molar-refractivity contribution is 0.452. The maximum absolute atomic E-state index is 10.1. The Morgan fingerprint density at radius 1 is 0.879 bits per heavy atom. The van der Waals surface area contributed by atoms with Gasteiger partial charge in [-0.2, -0.15) is 5.10 Å². The minimum atomic E-state index is 0. The van der Waals surface area contributed by atoms with Gasteiger partial charge in [-0.25, -0.2) is 0 Å². The van der Waals surface area contributed by atoms with E-state index < -0.39 is 0 Å². The van der Waals surface area contributed by atoms with Gasteiger partial charge in [0.05, 0.1) is 5.69 Å². The van der Waals surface area contributed by atoms with Gasteiger partial charge in [-0.3, -0.25) is 5.10 Å². The van der Waals surface area contributed by atoms with E-state index in [2.05, 4.69) is 39.0 Å². The Kier molecular flexibility index (Phi) is 7.87. The minimum absolute atomic E-state index is 0. The number of aromatic nitrogens is 2. The second kappa shape index (κ2) is 10.6. The summed E-state index contributed by atoms with van der Waals surface area (Å²) in [4.78, 5) is 0. The standard InChI is InChI=1S/C25H24N4O2.2ClH/c30-21-10-11-22(24(31)13-21)17-4-6-18(7-5-17)23-14-25(29-28-23)27-20-3-1-2-16(12-20)15-26-19-8-9-19;;/h1-7,10-14,19,26,30-31H,8-9,15H2,(H2,27,28,29);2*1H. The van der Waals surface area contributed by atoms with Crippen LogP contribution in [0.25, 0.3) is 22.4 Å². The van der Waals surface area contributed by atoms with Crippen LogP contribution in [0.15, 0.2) is 72.8 Å². The number of nitrogens with zero attached hydrogens (tertiary/aromatic N) is 1. The van der Waals surface area contributed by atoms with Crippen LogP contribution >= 0.6 is 24.8 Å². The number of halogens is 2. The minimum Gasteiger partial charge on any atom is -0.508 e. The van der Waals surface area contributed by atoms with E-state index in [4.69, 9.17) is 0 Å². The van der Waals surface area contributed by atoms with Gasteiger partial charge in [0.1, 0.15) is 11.5 Å². The number of rotatable bonds is 7. The average molecular weight is 485 g/mol. The molecule has 1 heterocycles. The van der Waals surface area contributed by atoms with Crippen molar-refractivity contribution in [3.63, 3.8) is 0 Å². The summed E-state index contributed by atoms with van der Waals surface area (Å²) in [5.41, 5.74) is 5.69. The molecule has 1 aliphatic rings. The number of phenolic OH excluding ortho intramolecular Hbond substituents is 2. The van der Waals surface area contributed by atoms with Gasteiger partial charge in [0, 0.05) is 36.0 Å². The smallest absolute Gasteiger partial charge is 0.152 e. The van der Waals surface area contributed by atoms with E-state index in [1.165, 1.54) is 24.5 Å². The largest absolute Gasteiger partial charge is 0.508 e. The number of anilines is 2. The molecule has 5 rings (SSSR count). The zero-order chi connectivity index (χ0) is 21.2. The Bertz CT molecular complexity index is 1210. The molecule has 0 bridgehead atoms. The van der Waals surface area contributed by atoms with Crippen LogP contribution in [0.2, 0.25) is 0 Å². The molecule has 0 saturated heterocycles. The third kappa shape index (κ3) is 5.99. The third-order valence-corrected chi connectivity index (χ3v) is 5.44. The predicted octanol–water partition coefficient (Wildman–Crippen LogP) is 5.99. The summed E-state index contributed by atoms with van der Waals surface area (Å²) in [6, 6.07) is 23.4. The molecule has 33 heavy (non-hydrogen) atoms. The Morgan fingerprint density at radius 3 is 2.36 bits per heavy atom. The number of benzene rings is 3. The zero-order valence-corrected chi connectivity index (χ0v) is 19.4. The van der Waals surface area contributed by atoms with Crippen LogP contribution < -0.4 is 10.6 Å². The maximum atomic E-state index is 10.1. The van der Waals surface area contributed by atoms with Crippen LogP contribution in [-0.4, -0.2) is 26.5 Å². The topological polar surface area (TPSA) is 93.2 Å². The number of hydrogen-bond donors (Lipinski definition) is 5. The first kappa shape index (κ1) is 24.5. The molecule has 172 valence electrons. The van der Waals surface area contributed by atoms with Crippen LogP contribution in [0.4, 0.5) is 11.5 Å². The molecule has 8 heteroatoms. The van der Waals surface area contributed by atoms with E-state index in [0.29, 0.717) is 11.6 Å². The van der Waals surface area contributed by atoms with Crippen molar-refractivity contribution in [2.45, 2.75) is 25.4 Å². The van der Waals surface area contributed by atoms with E-state index in [-0.39, 0.29) is 36.3 Å². The number of aromatic hydroxyl groups is 2. The first-order chi connectivity index (χ1) is 15.1. The lowest BCUT2D eigenvalue weighted by atomic mass is 10.0. The van der Waals surface area contributed by atoms with Gasteiger partial charge in [-0.05, 0) is 53.8 Å². The molecular formula is C25H26Cl2N4O2. The van der Waals surface area contributed by atoms with Gasteiger partial charge in [0.2, 0.25) is 0 Å². The van der Waals surface area contributed by atoms with Crippen LogP contribution in [-0.2, 0) is 6.54 Å². The highest BCUT2D eigenvalue weighted by atomic mass is 35.5. The Hall–Kier alpha value is -3.19. The number of aromatic amines is 1. The average Bonchev–Trinajstić information content (AvgIpc) is 3.50. The van der Waals surface area contributed by atoms with Gasteiger partial charge < -0.3 is 20.8 Å². The predicted molar refractivity (Wildman–Crippen MR) is 137 cm³/mol. The highest BCUT2D eigenvalue weighted by Crippen LogP contribution is 2.33. The van der Waals surface area contributed by atoms with Crippen molar-refractivity contribution in [3.05, 3.63) is 78.4 Å². The van der Waals surface area contributed by atoms with Crippen molar-refractivity contribution in [1.82, 2.24) is 15.5 Å². The molecule has 4 aromatic rings. The van der Waals surface area contributed by atoms with Gasteiger partial charge in [0.15, 0.2) is 5.82 Å². The molecule has 0 unspecified atom stereocenters. The summed E-state index contributed by atoms with van der Waals surface area (Å²) in [5.74, 6) is 0.845. The fourth-order valence-corrected chi connectivity index (χ4v) is 3.58. The highest BCUT2D eigenvalue weighted by molar-refractivity contribution is 5.85. The number of H-pyrrole nitrogens is 1. The van der Waals surface area contributed by atoms with Gasteiger partial charge in [-0.15, -0.1) is 24.8 Å². The number of hydrogen-bond acceptors (Lipinski definition) is 5. The molecule has 0 spiro atoms. The lowest BCUT2D eigenvalue weighted by Gasteiger charge is -2.07. The van der Waals surface area contributed by atoms with E-state index >= 15 is 0 Å². The van der Waals surface area contributed by atoms with Crippen molar-refractivity contribution in [3.8, 4) is 33.9 Å². The Morgan fingerprint density at radius 2 is 1.64 bits per heavy atom. The third-order valence-electron chi connectivity index (χ3n) is 5.44. The first-order valence-corrected chi connectivity index (χ1v) is 10.4. The van der Waals surface area contributed by atoms with Crippen molar-refractivity contribution in [2.24, 2.45) is 0 Å². The summed E-state index contributed by atoms with van der Waals surface area (Å²) in [7, 11) is 0. The van der Waals surface area contributed by atoms with E-state index in [0.717, 1.165) is 34.9 Å². The van der Waals surface area contributed by atoms with Crippen LogP contribution in [0.5, 0.6) is 11.5 Å². The molecule has 5 N–H and O–H groups in total. The molecule has 0 radical (unpaired) electrons. The Balaban J connectivity index is 0.00000153. The number of phenols is 2. The summed E-state index contributed by atoms with van der Waals surface area (Å²) in [6.07, 6.45) is 2.57. The second-order valence-corrected chi connectivity index (χ2v) is 7.93. The number of nitrogens with one attached hydrogen (secondary N) is 3. The summed E-state index contributed by atoms with van der Waals surface area (Å²) in [6.45, 7) is 0.884. The molecule has 1 aliphatic carbocycles. The van der Waals surface area contributed by atoms with Crippen molar-refractivity contribution in [1.29, 1.82) is 0 Å². The lowest BCUT2D eigenvalue weighted by Crippen LogP contribution is -2.15. The SMILES string of the molecule is Cl.Cl.Oc1ccc(-c2ccc(-c3cc(Nc4cccc(CNC5CC5)c4)n[nH]3)cc2)c(O)c1. The summed E-state index contributed by atoms with van der Waals surface area (Å²) >= 11 is 0. The van der Waals surface area contributed by atoms with E-state index in [9.17, 15) is 10.2 Å². The normalized spacial score (nSPS) is 12.5. The highest BCUT2D eigenvalue weighted by Gasteiger charge is 2.19. The van der Waals surface area contributed by atoms with Crippen molar-refractivity contribution in [2.75, 3.05) is 5.32 Å². The molecule has 0 amide bonds. The fraction of sp³-hybridized carbons (Fsp3) is 0.160. The molecule has 0 aliphatic heterocycles. The van der Waals surface area contributed by atoms with E-state index in [1.54, 1.807) is 12.1 Å². The molecule has 1 saturated carbocycles. The maximum Gasteiger partial charge on any atom is 0.152 e. The Labute approximate surface area is 204 Å². The fourth-order valence-electron chi connectivity index (χ4n) is 3.58. The van der Waals surface area contributed by atoms with E-state index in [1.807, 2.05) is 36.4 Å². The monoisotopic (exact) mass is 484 g/mol. The summed E-state index contributed by atoms with van der Waals surface area (Å²) < 4.78 is 0. The first-order valence-electron chi connectivity index (χ1n) is 10.4. The summed E-state index contributed by atoms with van der Waals surface area (Å²) in [5, 5.41) is 33.9. The molecular weight excluding hydrogens is 459 g/mol. The molecule has 3 aromatic carbocycles. The van der Waals surface area contributed by atoms with Gasteiger partial charge >= 0.3 is 0 Å². The van der Waals surface area contributed by atoms with Crippen LogP contribution in [0.3, 0.4) is 0 Å². The van der Waals surface area contributed by atoms with Crippen LogP contribution in [0.1, 0.15) is 18.4 Å². The van der Waals surface area contributed by atoms with Gasteiger partial charge in [0.25, 0.3) is 0 Å². The quantitative estimate of drug-likeness (QED) is 0.222. The van der Waals surface area contributed by atoms with Crippen LogP contribution in [0, 0.1) is 0 Å². The molecule has 1 fully saturated rings.